The molecule has 90 valence electrons. The maximum Gasteiger partial charge on any atom is 0.142 e. The normalized spacial score (nSPS) is 11.1. The van der Waals surface area contributed by atoms with Gasteiger partial charge in [-0.1, -0.05) is 20.8 Å². The van der Waals surface area contributed by atoms with Gasteiger partial charge in [-0.3, -0.25) is 4.57 Å². The third-order valence-electron chi connectivity index (χ3n) is 2.65. The van der Waals surface area contributed by atoms with E-state index in [2.05, 4.69) is 35.7 Å². The fourth-order valence-corrected chi connectivity index (χ4v) is 1.76. The average Bonchev–Trinajstić information content (AvgIpc) is 2.76. The van der Waals surface area contributed by atoms with Crippen molar-refractivity contribution in [3.8, 4) is 5.82 Å². The van der Waals surface area contributed by atoms with Crippen molar-refractivity contribution < 1.29 is 0 Å². The molecule has 0 unspecified atom stereocenters. The maximum atomic E-state index is 4.60. The first kappa shape index (κ1) is 11.8. The number of imidazole rings is 1. The number of hydrogen-bond donors (Lipinski definition) is 0. The lowest BCUT2D eigenvalue weighted by molar-refractivity contribution is 0.747. The predicted molar refractivity (Wildman–Crippen MR) is 67.4 cm³/mol. The van der Waals surface area contributed by atoms with Crippen LogP contribution in [0.15, 0.2) is 18.5 Å². The Bertz CT molecular complexity index is 514. The van der Waals surface area contributed by atoms with Crippen molar-refractivity contribution in [1.29, 1.82) is 0 Å². The van der Waals surface area contributed by atoms with E-state index < -0.39 is 0 Å². The minimum atomic E-state index is 0.335. The second kappa shape index (κ2) is 4.65. The monoisotopic (exact) mass is 230 g/mol. The van der Waals surface area contributed by atoms with Crippen molar-refractivity contribution in [3.05, 3.63) is 35.8 Å². The molecule has 2 heterocycles. The molecule has 4 nitrogen and oxygen atoms in total. The molecule has 0 aliphatic carbocycles. The zero-order valence-electron chi connectivity index (χ0n) is 10.8. The highest BCUT2D eigenvalue weighted by Crippen LogP contribution is 2.14. The summed E-state index contributed by atoms with van der Waals surface area (Å²) in [6, 6.07) is 1.99. The Morgan fingerprint density at radius 2 is 2.06 bits per heavy atom. The summed E-state index contributed by atoms with van der Waals surface area (Å²) < 4.78 is 2.03. The van der Waals surface area contributed by atoms with Crippen LogP contribution in [-0.2, 0) is 6.42 Å². The van der Waals surface area contributed by atoms with E-state index in [1.54, 1.807) is 0 Å². The van der Waals surface area contributed by atoms with Crippen molar-refractivity contribution in [2.24, 2.45) is 0 Å². The summed E-state index contributed by atoms with van der Waals surface area (Å²) in [5, 5.41) is 0. The molecule has 0 aliphatic rings. The molecule has 0 atom stereocenters. The molecular formula is C13H18N4. The molecule has 2 aromatic heterocycles. The summed E-state index contributed by atoms with van der Waals surface area (Å²) >= 11 is 0. The Kier molecular flexibility index (Phi) is 3.22. The van der Waals surface area contributed by atoms with Crippen molar-refractivity contribution in [2.75, 3.05) is 0 Å². The molecule has 0 N–H and O–H groups in total. The van der Waals surface area contributed by atoms with Crippen LogP contribution in [0.2, 0.25) is 0 Å². The lowest BCUT2D eigenvalue weighted by atomic mass is 10.2. The van der Waals surface area contributed by atoms with Crippen LogP contribution in [0.4, 0.5) is 0 Å². The summed E-state index contributed by atoms with van der Waals surface area (Å²) in [7, 11) is 0. The SMILES string of the molecule is CCc1nccn1-c1cc(C)nc(C(C)C)n1. The number of rotatable bonds is 3. The van der Waals surface area contributed by atoms with E-state index in [0.717, 1.165) is 29.6 Å². The van der Waals surface area contributed by atoms with Gasteiger partial charge in [-0.2, -0.15) is 0 Å². The predicted octanol–water partition coefficient (Wildman–Crippen LogP) is 2.66. The standard InChI is InChI=1S/C13H18N4/c1-5-11-14-6-7-17(11)12-8-10(4)15-13(16-12)9(2)3/h6-9H,5H2,1-4H3. The first-order chi connectivity index (χ1) is 8.11. The molecule has 2 rings (SSSR count). The molecule has 0 aromatic carbocycles. The van der Waals surface area contributed by atoms with Gasteiger partial charge in [0, 0.05) is 36.5 Å². The van der Waals surface area contributed by atoms with E-state index in [4.69, 9.17) is 0 Å². The Morgan fingerprint density at radius 1 is 1.29 bits per heavy atom. The summed E-state index contributed by atoms with van der Waals surface area (Å²) in [6.07, 6.45) is 4.66. The molecule has 0 bridgehead atoms. The average molecular weight is 230 g/mol. The van der Waals surface area contributed by atoms with Gasteiger partial charge >= 0.3 is 0 Å². The summed E-state index contributed by atoms with van der Waals surface area (Å²) in [5.41, 5.74) is 0.995. The zero-order chi connectivity index (χ0) is 12.4. The number of nitrogens with zero attached hydrogens (tertiary/aromatic N) is 4. The van der Waals surface area contributed by atoms with Gasteiger partial charge in [0.15, 0.2) is 0 Å². The minimum Gasteiger partial charge on any atom is -0.288 e. The largest absolute Gasteiger partial charge is 0.288 e. The van der Waals surface area contributed by atoms with Crippen LogP contribution in [0.3, 0.4) is 0 Å². The number of aryl methyl sites for hydroxylation is 2. The number of aromatic nitrogens is 4. The van der Waals surface area contributed by atoms with Crippen molar-refractivity contribution >= 4 is 0 Å². The van der Waals surface area contributed by atoms with Gasteiger partial charge in [0.1, 0.15) is 17.5 Å². The van der Waals surface area contributed by atoms with Crippen LogP contribution < -0.4 is 0 Å². The Hall–Kier alpha value is -1.71. The summed E-state index contributed by atoms with van der Waals surface area (Å²) in [5.74, 6) is 3.16. The summed E-state index contributed by atoms with van der Waals surface area (Å²) in [4.78, 5) is 13.4. The molecule has 0 spiro atoms. The Balaban J connectivity index is 2.52. The fourth-order valence-electron chi connectivity index (χ4n) is 1.76. The maximum absolute atomic E-state index is 4.60. The van der Waals surface area contributed by atoms with Crippen LogP contribution in [0.25, 0.3) is 5.82 Å². The molecule has 0 fully saturated rings. The van der Waals surface area contributed by atoms with E-state index in [1.807, 2.05) is 30.0 Å². The van der Waals surface area contributed by atoms with Gasteiger partial charge in [-0.05, 0) is 6.92 Å². The fraction of sp³-hybridized carbons (Fsp3) is 0.462. The third kappa shape index (κ3) is 2.35. The van der Waals surface area contributed by atoms with Gasteiger partial charge in [-0.15, -0.1) is 0 Å². The lowest BCUT2D eigenvalue weighted by Gasteiger charge is -2.10. The second-order valence-corrected chi connectivity index (χ2v) is 4.45. The number of hydrogen-bond acceptors (Lipinski definition) is 3. The second-order valence-electron chi connectivity index (χ2n) is 4.45. The molecule has 0 saturated heterocycles. The Labute approximate surface area is 102 Å². The smallest absolute Gasteiger partial charge is 0.142 e. The first-order valence-corrected chi connectivity index (χ1v) is 6.00. The van der Waals surface area contributed by atoms with E-state index in [-0.39, 0.29) is 0 Å². The van der Waals surface area contributed by atoms with Gasteiger partial charge in [0.05, 0.1) is 0 Å². The highest BCUT2D eigenvalue weighted by Gasteiger charge is 2.09. The van der Waals surface area contributed by atoms with E-state index >= 15 is 0 Å². The minimum absolute atomic E-state index is 0.335. The molecule has 0 aliphatic heterocycles. The third-order valence-corrected chi connectivity index (χ3v) is 2.65. The molecule has 0 amide bonds. The molecule has 0 radical (unpaired) electrons. The summed E-state index contributed by atoms with van der Waals surface area (Å²) in [6.45, 7) is 8.30. The van der Waals surface area contributed by atoms with Crippen LogP contribution in [0.1, 0.15) is 44.0 Å². The zero-order valence-corrected chi connectivity index (χ0v) is 10.8. The van der Waals surface area contributed by atoms with Crippen molar-refractivity contribution in [2.45, 2.75) is 40.0 Å². The first-order valence-electron chi connectivity index (χ1n) is 6.00. The quantitative estimate of drug-likeness (QED) is 0.814. The van der Waals surface area contributed by atoms with Gasteiger partial charge in [0.2, 0.25) is 0 Å². The van der Waals surface area contributed by atoms with Crippen molar-refractivity contribution in [1.82, 2.24) is 19.5 Å². The van der Waals surface area contributed by atoms with Crippen LogP contribution in [0, 0.1) is 6.92 Å². The van der Waals surface area contributed by atoms with Crippen LogP contribution in [-0.4, -0.2) is 19.5 Å². The molecule has 17 heavy (non-hydrogen) atoms. The van der Waals surface area contributed by atoms with Gasteiger partial charge in [0.25, 0.3) is 0 Å². The van der Waals surface area contributed by atoms with E-state index in [9.17, 15) is 0 Å². The van der Waals surface area contributed by atoms with Crippen LogP contribution >= 0.6 is 0 Å². The van der Waals surface area contributed by atoms with E-state index in [1.165, 1.54) is 0 Å². The van der Waals surface area contributed by atoms with Crippen LogP contribution in [0.5, 0.6) is 0 Å². The van der Waals surface area contributed by atoms with Crippen molar-refractivity contribution in [3.63, 3.8) is 0 Å². The van der Waals surface area contributed by atoms with E-state index in [0.29, 0.717) is 5.92 Å². The Morgan fingerprint density at radius 3 is 2.71 bits per heavy atom. The topological polar surface area (TPSA) is 43.6 Å². The molecular weight excluding hydrogens is 212 g/mol. The molecule has 4 heteroatoms. The van der Waals surface area contributed by atoms with Gasteiger partial charge in [-0.25, -0.2) is 15.0 Å². The van der Waals surface area contributed by atoms with Gasteiger partial charge < -0.3 is 0 Å². The molecule has 2 aromatic rings. The lowest BCUT2D eigenvalue weighted by Crippen LogP contribution is -2.07. The molecule has 0 saturated carbocycles. The highest BCUT2D eigenvalue weighted by atomic mass is 15.1. The highest BCUT2D eigenvalue weighted by molar-refractivity contribution is 5.27.